The van der Waals surface area contributed by atoms with Crippen LogP contribution < -0.4 is 10.3 Å². The van der Waals surface area contributed by atoms with Crippen LogP contribution in [0.25, 0.3) is 10.9 Å². The van der Waals surface area contributed by atoms with Crippen LogP contribution >= 0.6 is 0 Å². The fraction of sp³-hybridized carbons (Fsp3) is 0.583. The van der Waals surface area contributed by atoms with Gasteiger partial charge in [-0.15, -0.1) is 5.10 Å². The number of nitrogens with one attached hydrogen (secondary N) is 1. The monoisotopic (exact) mass is 438 g/mol. The van der Waals surface area contributed by atoms with E-state index in [4.69, 9.17) is 4.74 Å². The number of hydrogen-bond acceptors (Lipinski definition) is 6. The van der Waals surface area contributed by atoms with Crippen LogP contribution in [0.3, 0.4) is 0 Å². The molecule has 1 N–H and O–H groups in total. The molecule has 0 amide bonds. The maximum atomic E-state index is 13.3. The fourth-order valence-electron chi connectivity index (χ4n) is 4.57. The normalized spacial score (nSPS) is 18.7. The number of nitrogens with zero attached hydrogens (tertiary/aromatic N) is 5. The van der Waals surface area contributed by atoms with E-state index in [9.17, 15) is 4.79 Å². The lowest BCUT2D eigenvalue weighted by Gasteiger charge is -2.37. The van der Waals surface area contributed by atoms with E-state index in [1.807, 2.05) is 35.9 Å². The SMILES string of the molecule is CCOc1ccc2[nH]c(=O)c(C(c3nnnn3C(C)(C)CC)N3CCCC(C)C3)cc2c1. The van der Waals surface area contributed by atoms with Gasteiger partial charge in [0.2, 0.25) is 0 Å². The Morgan fingerprint density at radius 1 is 1.28 bits per heavy atom. The first-order valence-electron chi connectivity index (χ1n) is 11.7. The van der Waals surface area contributed by atoms with Gasteiger partial charge in [0.1, 0.15) is 11.8 Å². The van der Waals surface area contributed by atoms with Crippen molar-refractivity contribution >= 4 is 10.9 Å². The maximum Gasteiger partial charge on any atom is 0.253 e. The summed E-state index contributed by atoms with van der Waals surface area (Å²) in [6.45, 7) is 13.0. The minimum Gasteiger partial charge on any atom is -0.494 e. The number of fused-ring (bicyclic) bond motifs is 1. The van der Waals surface area contributed by atoms with Crippen molar-refractivity contribution in [1.29, 1.82) is 0 Å². The second kappa shape index (κ2) is 9.02. The highest BCUT2D eigenvalue weighted by atomic mass is 16.5. The number of piperidine rings is 1. The zero-order valence-electron chi connectivity index (χ0n) is 19.8. The van der Waals surface area contributed by atoms with E-state index in [1.54, 1.807) is 0 Å². The second-order valence-electron chi connectivity index (χ2n) is 9.50. The first-order valence-corrected chi connectivity index (χ1v) is 11.7. The van der Waals surface area contributed by atoms with Crippen LogP contribution in [-0.4, -0.2) is 49.8 Å². The molecular formula is C24H34N6O2. The number of pyridine rings is 1. The molecule has 0 spiro atoms. The van der Waals surface area contributed by atoms with Gasteiger partial charge in [0.05, 0.1) is 12.1 Å². The molecule has 1 aliphatic rings. The average molecular weight is 439 g/mol. The van der Waals surface area contributed by atoms with Crippen molar-refractivity contribution in [3.05, 3.63) is 46.0 Å². The van der Waals surface area contributed by atoms with Crippen molar-refractivity contribution in [1.82, 2.24) is 30.1 Å². The van der Waals surface area contributed by atoms with Gasteiger partial charge in [0, 0.05) is 23.0 Å². The number of tetrazole rings is 1. The molecule has 4 rings (SSSR count). The van der Waals surface area contributed by atoms with Crippen LogP contribution in [0.15, 0.2) is 29.1 Å². The number of benzene rings is 1. The minimum absolute atomic E-state index is 0.103. The number of H-pyrrole nitrogens is 1. The second-order valence-corrected chi connectivity index (χ2v) is 9.50. The summed E-state index contributed by atoms with van der Waals surface area (Å²) < 4.78 is 7.59. The molecule has 0 radical (unpaired) electrons. The first kappa shape index (κ1) is 22.5. The number of likely N-dealkylation sites (tertiary alicyclic amines) is 1. The molecule has 0 bridgehead atoms. The molecule has 3 heterocycles. The average Bonchev–Trinajstić information content (AvgIpc) is 3.25. The summed E-state index contributed by atoms with van der Waals surface area (Å²) in [7, 11) is 0. The molecule has 1 aromatic carbocycles. The third kappa shape index (κ3) is 4.28. The molecule has 8 nitrogen and oxygen atoms in total. The van der Waals surface area contributed by atoms with Gasteiger partial charge in [-0.3, -0.25) is 9.69 Å². The van der Waals surface area contributed by atoms with Crippen molar-refractivity contribution in [3.8, 4) is 5.75 Å². The summed E-state index contributed by atoms with van der Waals surface area (Å²) in [4.78, 5) is 18.8. The summed E-state index contributed by atoms with van der Waals surface area (Å²) in [6, 6.07) is 7.43. The van der Waals surface area contributed by atoms with Crippen molar-refractivity contribution in [2.45, 2.75) is 65.5 Å². The Hall–Kier alpha value is -2.74. The zero-order valence-corrected chi connectivity index (χ0v) is 19.8. The van der Waals surface area contributed by atoms with Gasteiger partial charge in [-0.2, -0.15) is 0 Å². The quantitative estimate of drug-likeness (QED) is 0.602. The Morgan fingerprint density at radius 2 is 2.09 bits per heavy atom. The van der Waals surface area contributed by atoms with Crippen LogP contribution in [-0.2, 0) is 5.54 Å². The molecule has 0 aliphatic carbocycles. The Morgan fingerprint density at radius 3 is 2.81 bits per heavy atom. The predicted molar refractivity (Wildman–Crippen MR) is 125 cm³/mol. The standard InChI is InChI=1S/C24H34N6O2/c1-6-24(4,5)30-22(26-27-28-30)21(29-12-8-9-16(3)15-29)19-14-17-13-18(32-7-2)10-11-20(17)25-23(19)31/h10-11,13-14,16,21H,6-9,12,15H2,1-5H3,(H,25,31). The van der Waals surface area contributed by atoms with Crippen molar-refractivity contribution in [2.24, 2.45) is 5.92 Å². The van der Waals surface area contributed by atoms with Crippen LogP contribution in [0.1, 0.15) is 71.3 Å². The fourth-order valence-corrected chi connectivity index (χ4v) is 4.57. The Bertz CT molecular complexity index is 1130. The summed E-state index contributed by atoms with van der Waals surface area (Å²) in [5, 5.41) is 13.8. The largest absolute Gasteiger partial charge is 0.494 e. The third-order valence-electron chi connectivity index (χ3n) is 6.68. The molecule has 3 aromatic rings. The molecule has 1 aliphatic heterocycles. The maximum absolute atomic E-state index is 13.3. The van der Waals surface area contributed by atoms with Gasteiger partial charge in [-0.1, -0.05) is 13.8 Å². The predicted octanol–water partition coefficient (Wildman–Crippen LogP) is 3.88. The molecule has 1 fully saturated rings. The molecule has 2 unspecified atom stereocenters. The Balaban J connectivity index is 1.89. The van der Waals surface area contributed by atoms with Crippen LogP contribution in [0.5, 0.6) is 5.75 Å². The highest BCUT2D eigenvalue weighted by Gasteiger charge is 2.35. The highest BCUT2D eigenvalue weighted by molar-refractivity contribution is 5.80. The lowest BCUT2D eigenvalue weighted by molar-refractivity contribution is 0.135. The number of ether oxygens (including phenoxy) is 1. The van der Waals surface area contributed by atoms with Gasteiger partial charge >= 0.3 is 0 Å². The number of hydrogen-bond donors (Lipinski definition) is 1. The Labute approximate surface area is 189 Å². The summed E-state index contributed by atoms with van der Waals surface area (Å²) in [5.74, 6) is 2.06. The van der Waals surface area contributed by atoms with E-state index in [2.05, 4.69) is 53.1 Å². The molecule has 0 saturated carbocycles. The summed E-state index contributed by atoms with van der Waals surface area (Å²) >= 11 is 0. The lowest BCUT2D eigenvalue weighted by Crippen LogP contribution is -2.42. The number of aromatic amines is 1. The van der Waals surface area contributed by atoms with Crippen molar-refractivity contribution in [2.75, 3.05) is 19.7 Å². The molecule has 32 heavy (non-hydrogen) atoms. The highest BCUT2D eigenvalue weighted by Crippen LogP contribution is 2.33. The molecule has 8 heteroatoms. The molecule has 2 aromatic heterocycles. The van der Waals surface area contributed by atoms with Gasteiger partial charge in [-0.25, -0.2) is 4.68 Å². The number of aromatic nitrogens is 5. The van der Waals surface area contributed by atoms with Gasteiger partial charge in [0.15, 0.2) is 5.82 Å². The van der Waals surface area contributed by atoms with E-state index in [0.29, 0.717) is 18.1 Å². The van der Waals surface area contributed by atoms with Crippen molar-refractivity contribution in [3.63, 3.8) is 0 Å². The van der Waals surface area contributed by atoms with Crippen molar-refractivity contribution < 1.29 is 4.74 Å². The summed E-state index contributed by atoms with van der Waals surface area (Å²) in [5.41, 5.74) is 1.10. The topological polar surface area (TPSA) is 88.9 Å². The van der Waals surface area contributed by atoms with E-state index in [0.717, 1.165) is 48.4 Å². The van der Waals surface area contributed by atoms with Gasteiger partial charge in [-0.05, 0) is 87.2 Å². The lowest BCUT2D eigenvalue weighted by atomic mass is 9.94. The smallest absolute Gasteiger partial charge is 0.253 e. The van der Waals surface area contributed by atoms with E-state index in [1.165, 1.54) is 6.42 Å². The Kier molecular flexibility index (Phi) is 6.33. The third-order valence-corrected chi connectivity index (χ3v) is 6.68. The van der Waals surface area contributed by atoms with Crippen LogP contribution in [0.2, 0.25) is 0 Å². The van der Waals surface area contributed by atoms with Crippen LogP contribution in [0.4, 0.5) is 0 Å². The van der Waals surface area contributed by atoms with E-state index in [-0.39, 0.29) is 17.1 Å². The summed E-state index contributed by atoms with van der Waals surface area (Å²) in [6.07, 6.45) is 3.16. The minimum atomic E-state index is -0.317. The van der Waals surface area contributed by atoms with E-state index < -0.39 is 0 Å². The molecular weight excluding hydrogens is 404 g/mol. The molecule has 172 valence electrons. The number of rotatable bonds is 7. The van der Waals surface area contributed by atoms with E-state index >= 15 is 0 Å². The molecule has 2 atom stereocenters. The molecule has 1 saturated heterocycles. The van der Waals surface area contributed by atoms with Crippen LogP contribution in [0, 0.1) is 5.92 Å². The van der Waals surface area contributed by atoms with Gasteiger partial charge in [0.25, 0.3) is 5.56 Å². The zero-order chi connectivity index (χ0) is 22.9. The first-order chi connectivity index (χ1) is 15.3. The van der Waals surface area contributed by atoms with Gasteiger partial charge < -0.3 is 9.72 Å².